The monoisotopic (exact) mass is 179 g/mol. The van der Waals surface area contributed by atoms with Gasteiger partial charge in [-0.1, -0.05) is 26.0 Å². The molecular formula is C11H17NO. The van der Waals surface area contributed by atoms with Crippen LogP contribution in [-0.2, 0) is 4.74 Å². The van der Waals surface area contributed by atoms with E-state index < -0.39 is 0 Å². The molecule has 2 heteroatoms. The molecule has 0 unspecified atom stereocenters. The molecule has 0 bridgehead atoms. The Kier molecular flexibility index (Phi) is 3.32. The normalized spacial score (nSPS) is 13.2. The first kappa shape index (κ1) is 10.1. The van der Waals surface area contributed by atoms with Crippen molar-refractivity contribution in [2.75, 3.05) is 12.8 Å². The van der Waals surface area contributed by atoms with Crippen molar-refractivity contribution in [2.45, 2.75) is 20.0 Å². The Morgan fingerprint density at radius 1 is 1.15 bits per heavy atom. The molecule has 1 aromatic carbocycles. The first-order valence-electron chi connectivity index (χ1n) is 4.53. The van der Waals surface area contributed by atoms with Gasteiger partial charge in [-0.3, -0.25) is 0 Å². The lowest BCUT2D eigenvalue weighted by atomic mass is 9.99. The molecule has 2 nitrogen and oxygen atoms in total. The van der Waals surface area contributed by atoms with E-state index in [1.165, 1.54) is 5.56 Å². The second-order valence-electron chi connectivity index (χ2n) is 3.57. The second kappa shape index (κ2) is 4.28. The van der Waals surface area contributed by atoms with E-state index in [-0.39, 0.29) is 6.10 Å². The van der Waals surface area contributed by atoms with Crippen LogP contribution in [0.25, 0.3) is 0 Å². The van der Waals surface area contributed by atoms with Gasteiger partial charge in [0.15, 0.2) is 0 Å². The summed E-state index contributed by atoms with van der Waals surface area (Å²) < 4.78 is 5.40. The summed E-state index contributed by atoms with van der Waals surface area (Å²) in [7, 11) is 1.74. The van der Waals surface area contributed by atoms with E-state index in [9.17, 15) is 0 Å². The van der Waals surface area contributed by atoms with Crippen LogP contribution in [0.15, 0.2) is 24.3 Å². The lowest BCUT2D eigenvalue weighted by Gasteiger charge is -2.19. The summed E-state index contributed by atoms with van der Waals surface area (Å²) in [5, 5.41) is 0. The fourth-order valence-electron chi connectivity index (χ4n) is 1.48. The Bertz CT molecular complexity index is 253. The number of benzene rings is 1. The van der Waals surface area contributed by atoms with Crippen LogP contribution in [-0.4, -0.2) is 7.11 Å². The third kappa shape index (κ3) is 2.46. The van der Waals surface area contributed by atoms with Crippen LogP contribution in [0.3, 0.4) is 0 Å². The van der Waals surface area contributed by atoms with Gasteiger partial charge in [0.25, 0.3) is 0 Å². The van der Waals surface area contributed by atoms with Crippen LogP contribution >= 0.6 is 0 Å². The lowest BCUT2D eigenvalue weighted by molar-refractivity contribution is 0.0646. The Morgan fingerprint density at radius 3 is 2.08 bits per heavy atom. The predicted octanol–water partition coefficient (Wildman–Crippen LogP) is 2.61. The molecule has 0 saturated carbocycles. The van der Waals surface area contributed by atoms with Gasteiger partial charge in [-0.05, 0) is 23.6 Å². The largest absolute Gasteiger partial charge is 0.399 e. The van der Waals surface area contributed by atoms with Gasteiger partial charge in [-0.2, -0.15) is 0 Å². The number of ether oxygens (including phenoxy) is 1. The maximum atomic E-state index is 5.60. The number of hydrogen-bond acceptors (Lipinski definition) is 2. The van der Waals surface area contributed by atoms with Gasteiger partial charge in [-0.15, -0.1) is 0 Å². The van der Waals surface area contributed by atoms with Gasteiger partial charge in [0, 0.05) is 12.8 Å². The zero-order valence-electron chi connectivity index (χ0n) is 8.45. The van der Waals surface area contributed by atoms with Gasteiger partial charge in [-0.25, -0.2) is 0 Å². The maximum Gasteiger partial charge on any atom is 0.0844 e. The third-order valence-corrected chi connectivity index (χ3v) is 2.12. The first-order chi connectivity index (χ1) is 6.15. The minimum atomic E-state index is 0.167. The number of rotatable bonds is 3. The van der Waals surface area contributed by atoms with Crippen molar-refractivity contribution in [3.8, 4) is 0 Å². The molecule has 72 valence electrons. The van der Waals surface area contributed by atoms with Gasteiger partial charge in [0.2, 0.25) is 0 Å². The number of hydrogen-bond donors (Lipinski definition) is 1. The zero-order chi connectivity index (χ0) is 9.84. The lowest BCUT2D eigenvalue weighted by Crippen LogP contribution is -2.08. The standard InChI is InChI=1S/C11H17NO/c1-8(2)11(13-3)9-4-6-10(12)7-5-9/h4-8,11H,12H2,1-3H3/t11-/m0/s1. The van der Waals surface area contributed by atoms with Crippen molar-refractivity contribution in [3.63, 3.8) is 0 Å². The first-order valence-corrected chi connectivity index (χ1v) is 4.53. The molecule has 0 amide bonds. The van der Waals surface area contributed by atoms with Crippen molar-refractivity contribution < 1.29 is 4.74 Å². The minimum Gasteiger partial charge on any atom is -0.399 e. The highest BCUT2D eigenvalue weighted by molar-refractivity contribution is 5.39. The second-order valence-corrected chi connectivity index (χ2v) is 3.57. The number of methoxy groups -OCH3 is 1. The zero-order valence-corrected chi connectivity index (χ0v) is 8.45. The van der Waals surface area contributed by atoms with Crippen molar-refractivity contribution >= 4 is 5.69 Å². The summed E-state index contributed by atoms with van der Waals surface area (Å²) in [6.07, 6.45) is 0.167. The predicted molar refractivity (Wildman–Crippen MR) is 55.4 cm³/mol. The summed E-state index contributed by atoms with van der Waals surface area (Å²) in [5.41, 5.74) is 7.58. The number of anilines is 1. The molecule has 0 saturated heterocycles. The van der Waals surface area contributed by atoms with E-state index in [1.807, 2.05) is 24.3 Å². The Morgan fingerprint density at radius 2 is 1.69 bits per heavy atom. The fourth-order valence-corrected chi connectivity index (χ4v) is 1.48. The van der Waals surface area contributed by atoms with Crippen LogP contribution in [0.1, 0.15) is 25.5 Å². The van der Waals surface area contributed by atoms with Crippen molar-refractivity contribution in [1.82, 2.24) is 0 Å². The van der Waals surface area contributed by atoms with Crippen LogP contribution in [0, 0.1) is 5.92 Å². The van der Waals surface area contributed by atoms with E-state index in [2.05, 4.69) is 13.8 Å². The van der Waals surface area contributed by atoms with E-state index in [1.54, 1.807) is 7.11 Å². The summed E-state index contributed by atoms with van der Waals surface area (Å²) in [4.78, 5) is 0. The van der Waals surface area contributed by atoms with E-state index in [0.29, 0.717) is 5.92 Å². The Labute approximate surface area is 79.7 Å². The highest BCUT2D eigenvalue weighted by Crippen LogP contribution is 2.25. The SMILES string of the molecule is CO[C@H](c1ccc(N)cc1)C(C)C. The fraction of sp³-hybridized carbons (Fsp3) is 0.455. The average molecular weight is 179 g/mol. The number of nitrogens with two attached hydrogens (primary N) is 1. The van der Waals surface area contributed by atoms with E-state index >= 15 is 0 Å². The molecule has 13 heavy (non-hydrogen) atoms. The van der Waals surface area contributed by atoms with Crippen LogP contribution in [0.4, 0.5) is 5.69 Å². The molecule has 0 aliphatic heterocycles. The molecule has 0 aromatic heterocycles. The molecule has 0 spiro atoms. The molecular weight excluding hydrogens is 162 g/mol. The third-order valence-electron chi connectivity index (χ3n) is 2.12. The van der Waals surface area contributed by atoms with Gasteiger partial charge in [0.05, 0.1) is 6.10 Å². The van der Waals surface area contributed by atoms with Gasteiger partial charge >= 0.3 is 0 Å². The summed E-state index contributed by atoms with van der Waals surface area (Å²) in [5.74, 6) is 0.480. The molecule has 0 aliphatic carbocycles. The highest BCUT2D eigenvalue weighted by atomic mass is 16.5. The molecule has 0 fully saturated rings. The molecule has 0 radical (unpaired) electrons. The summed E-state index contributed by atoms with van der Waals surface area (Å²) in [6.45, 7) is 4.29. The summed E-state index contributed by atoms with van der Waals surface area (Å²) in [6, 6.07) is 7.85. The molecule has 0 aliphatic rings. The molecule has 1 atom stereocenters. The quantitative estimate of drug-likeness (QED) is 0.724. The molecule has 1 rings (SSSR count). The molecule has 1 aromatic rings. The Balaban J connectivity index is 2.86. The minimum absolute atomic E-state index is 0.167. The molecule has 0 heterocycles. The average Bonchev–Trinajstić information content (AvgIpc) is 2.09. The van der Waals surface area contributed by atoms with Crippen LogP contribution in [0.2, 0.25) is 0 Å². The maximum absolute atomic E-state index is 5.60. The topological polar surface area (TPSA) is 35.2 Å². The highest BCUT2D eigenvalue weighted by Gasteiger charge is 2.13. The Hall–Kier alpha value is -1.02. The van der Waals surface area contributed by atoms with Gasteiger partial charge < -0.3 is 10.5 Å². The van der Waals surface area contributed by atoms with Crippen molar-refractivity contribution in [1.29, 1.82) is 0 Å². The van der Waals surface area contributed by atoms with Crippen LogP contribution in [0.5, 0.6) is 0 Å². The van der Waals surface area contributed by atoms with Gasteiger partial charge in [0.1, 0.15) is 0 Å². The van der Waals surface area contributed by atoms with Crippen LogP contribution < -0.4 is 5.73 Å². The number of nitrogen functional groups attached to an aromatic ring is 1. The van der Waals surface area contributed by atoms with E-state index in [0.717, 1.165) is 5.69 Å². The van der Waals surface area contributed by atoms with Crippen molar-refractivity contribution in [3.05, 3.63) is 29.8 Å². The smallest absolute Gasteiger partial charge is 0.0844 e. The summed E-state index contributed by atoms with van der Waals surface area (Å²) >= 11 is 0. The van der Waals surface area contributed by atoms with Crippen molar-refractivity contribution in [2.24, 2.45) is 5.92 Å². The molecule has 2 N–H and O–H groups in total. The van der Waals surface area contributed by atoms with E-state index in [4.69, 9.17) is 10.5 Å².